The molecule has 104 valence electrons. The molecule has 0 aliphatic heterocycles. The van der Waals surface area contributed by atoms with E-state index in [-0.39, 0.29) is 5.41 Å². The highest BCUT2D eigenvalue weighted by atomic mass is 16.5. The third-order valence-corrected chi connectivity index (χ3v) is 2.87. The van der Waals surface area contributed by atoms with Crippen molar-refractivity contribution in [2.75, 3.05) is 20.1 Å². The minimum Gasteiger partial charge on any atom is -0.461 e. The summed E-state index contributed by atoms with van der Waals surface area (Å²) >= 11 is 0. The fourth-order valence-corrected chi connectivity index (χ4v) is 1.91. The lowest BCUT2D eigenvalue weighted by Crippen LogP contribution is -2.36. The van der Waals surface area contributed by atoms with Crippen LogP contribution in [0.2, 0.25) is 0 Å². The van der Waals surface area contributed by atoms with E-state index in [0.29, 0.717) is 30.6 Å². The second-order valence-corrected chi connectivity index (χ2v) is 5.53. The molecule has 0 fully saturated rings. The average molecular weight is 264 g/mol. The number of aromatic nitrogens is 2. The summed E-state index contributed by atoms with van der Waals surface area (Å²) in [4.78, 5) is 6.42. The molecule has 0 saturated heterocycles. The summed E-state index contributed by atoms with van der Waals surface area (Å²) < 4.78 is 10.4. The molecule has 0 unspecified atom stereocenters. The van der Waals surface area contributed by atoms with Crippen molar-refractivity contribution >= 4 is 0 Å². The lowest BCUT2D eigenvalue weighted by molar-refractivity contribution is 0.189. The molecular formula is C13H20N4O2. The summed E-state index contributed by atoms with van der Waals surface area (Å²) in [5.74, 6) is 1.66. The summed E-state index contributed by atoms with van der Waals surface area (Å²) in [6.45, 7) is 6.36. The van der Waals surface area contributed by atoms with Crippen molar-refractivity contribution in [2.24, 2.45) is 11.1 Å². The van der Waals surface area contributed by atoms with Crippen LogP contribution in [0.15, 0.2) is 27.3 Å². The Bertz CT molecular complexity index is 504. The SMILES string of the molecule is CN(Cc1nc(-c2ccco2)no1)CC(C)(C)CN. The van der Waals surface area contributed by atoms with Gasteiger partial charge in [0.15, 0.2) is 5.76 Å². The third-order valence-electron chi connectivity index (χ3n) is 2.87. The first-order valence-corrected chi connectivity index (χ1v) is 6.25. The Morgan fingerprint density at radius 3 is 2.84 bits per heavy atom. The van der Waals surface area contributed by atoms with E-state index in [4.69, 9.17) is 14.7 Å². The van der Waals surface area contributed by atoms with Crippen LogP contribution < -0.4 is 5.73 Å². The van der Waals surface area contributed by atoms with Gasteiger partial charge in [0.05, 0.1) is 12.8 Å². The lowest BCUT2D eigenvalue weighted by Gasteiger charge is -2.27. The molecule has 0 aliphatic rings. The monoisotopic (exact) mass is 264 g/mol. The standard InChI is InChI=1S/C13H20N4O2/c1-13(2,8-14)9-17(3)7-11-15-12(16-19-11)10-5-4-6-18-10/h4-6H,7-9,14H2,1-3H3. The number of nitrogens with two attached hydrogens (primary N) is 1. The van der Waals surface area contributed by atoms with E-state index >= 15 is 0 Å². The van der Waals surface area contributed by atoms with E-state index in [1.54, 1.807) is 18.4 Å². The van der Waals surface area contributed by atoms with Gasteiger partial charge in [0.1, 0.15) is 0 Å². The Labute approximate surface area is 112 Å². The molecule has 0 aromatic carbocycles. The molecule has 2 rings (SSSR count). The maximum absolute atomic E-state index is 5.73. The highest BCUT2D eigenvalue weighted by molar-refractivity contribution is 5.44. The highest BCUT2D eigenvalue weighted by Gasteiger charge is 2.20. The molecule has 0 amide bonds. The van der Waals surface area contributed by atoms with Gasteiger partial charge in [0.2, 0.25) is 11.7 Å². The van der Waals surface area contributed by atoms with Crippen LogP contribution in [0.25, 0.3) is 11.6 Å². The van der Waals surface area contributed by atoms with Gasteiger partial charge in [-0.05, 0) is 31.1 Å². The van der Waals surface area contributed by atoms with Gasteiger partial charge >= 0.3 is 0 Å². The van der Waals surface area contributed by atoms with E-state index in [1.807, 2.05) is 7.05 Å². The molecule has 0 saturated carbocycles. The predicted molar refractivity (Wildman–Crippen MR) is 71.2 cm³/mol. The number of furan rings is 1. The van der Waals surface area contributed by atoms with Crippen molar-refractivity contribution in [2.45, 2.75) is 20.4 Å². The van der Waals surface area contributed by atoms with Gasteiger partial charge in [-0.3, -0.25) is 4.90 Å². The molecule has 2 heterocycles. The number of hydrogen-bond acceptors (Lipinski definition) is 6. The van der Waals surface area contributed by atoms with Crippen LogP contribution in [0.5, 0.6) is 0 Å². The van der Waals surface area contributed by atoms with Gasteiger partial charge in [-0.15, -0.1) is 0 Å². The zero-order valence-corrected chi connectivity index (χ0v) is 11.6. The number of rotatable bonds is 6. The molecule has 2 aromatic rings. The Balaban J connectivity index is 1.97. The van der Waals surface area contributed by atoms with Gasteiger partial charge in [-0.25, -0.2) is 0 Å². The molecule has 0 radical (unpaired) electrons. The van der Waals surface area contributed by atoms with Crippen LogP contribution in [0.4, 0.5) is 0 Å². The molecular weight excluding hydrogens is 244 g/mol. The van der Waals surface area contributed by atoms with Gasteiger partial charge in [0.25, 0.3) is 0 Å². The first kappa shape index (κ1) is 13.8. The summed E-state index contributed by atoms with van der Waals surface area (Å²) in [5.41, 5.74) is 5.79. The molecule has 6 heteroatoms. The van der Waals surface area contributed by atoms with Crippen molar-refractivity contribution in [3.05, 3.63) is 24.3 Å². The van der Waals surface area contributed by atoms with Crippen molar-refractivity contribution in [3.8, 4) is 11.6 Å². The maximum atomic E-state index is 5.73. The fourth-order valence-electron chi connectivity index (χ4n) is 1.91. The van der Waals surface area contributed by atoms with E-state index < -0.39 is 0 Å². The topological polar surface area (TPSA) is 81.3 Å². The van der Waals surface area contributed by atoms with Gasteiger partial charge in [-0.2, -0.15) is 4.98 Å². The van der Waals surface area contributed by atoms with Gasteiger partial charge in [0, 0.05) is 6.54 Å². The van der Waals surface area contributed by atoms with Crippen LogP contribution in [-0.4, -0.2) is 35.2 Å². The average Bonchev–Trinajstić information content (AvgIpc) is 2.97. The van der Waals surface area contributed by atoms with Crippen LogP contribution in [0.3, 0.4) is 0 Å². The normalized spacial score (nSPS) is 12.3. The molecule has 0 spiro atoms. The zero-order valence-electron chi connectivity index (χ0n) is 11.6. The quantitative estimate of drug-likeness (QED) is 0.856. The molecule has 2 N–H and O–H groups in total. The van der Waals surface area contributed by atoms with Crippen LogP contribution >= 0.6 is 0 Å². The third kappa shape index (κ3) is 3.65. The Morgan fingerprint density at radius 1 is 1.42 bits per heavy atom. The van der Waals surface area contributed by atoms with Crippen molar-refractivity contribution in [1.29, 1.82) is 0 Å². The smallest absolute Gasteiger partial charge is 0.241 e. The Morgan fingerprint density at radius 2 is 2.21 bits per heavy atom. The van der Waals surface area contributed by atoms with E-state index in [0.717, 1.165) is 6.54 Å². The Kier molecular flexibility index (Phi) is 4.01. The largest absolute Gasteiger partial charge is 0.461 e. The first-order valence-electron chi connectivity index (χ1n) is 6.25. The zero-order chi connectivity index (χ0) is 13.9. The van der Waals surface area contributed by atoms with Crippen molar-refractivity contribution in [3.63, 3.8) is 0 Å². The summed E-state index contributed by atoms with van der Waals surface area (Å²) in [6.07, 6.45) is 1.58. The Hall–Kier alpha value is -1.66. The van der Waals surface area contributed by atoms with E-state index in [1.165, 1.54) is 0 Å². The molecule has 2 aromatic heterocycles. The number of hydrogen-bond donors (Lipinski definition) is 1. The summed E-state index contributed by atoms with van der Waals surface area (Å²) in [5, 5.41) is 3.90. The number of nitrogens with zero attached hydrogens (tertiary/aromatic N) is 3. The molecule has 0 aliphatic carbocycles. The maximum Gasteiger partial charge on any atom is 0.241 e. The molecule has 19 heavy (non-hydrogen) atoms. The van der Waals surface area contributed by atoms with Crippen molar-refractivity contribution < 1.29 is 8.94 Å². The van der Waals surface area contributed by atoms with Gasteiger partial charge < -0.3 is 14.7 Å². The van der Waals surface area contributed by atoms with E-state index in [2.05, 4.69) is 28.9 Å². The molecule has 0 bridgehead atoms. The predicted octanol–water partition coefficient (Wildman–Crippen LogP) is 1.75. The van der Waals surface area contributed by atoms with E-state index in [9.17, 15) is 0 Å². The fraction of sp³-hybridized carbons (Fsp3) is 0.538. The van der Waals surface area contributed by atoms with Gasteiger partial charge in [-0.1, -0.05) is 19.0 Å². The second kappa shape index (κ2) is 5.54. The lowest BCUT2D eigenvalue weighted by atomic mass is 9.93. The van der Waals surface area contributed by atoms with Crippen LogP contribution in [0, 0.1) is 5.41 Å². The summed E-state index contributed by atoms with van der Waals surface area (Å²) in [7, 11) is 2.01. The molecule has 6 nitrogen and oxygen atoms in total. The minimum atomic E-state index is 0.0681. The van der Waals surface area contributed by atoms with Crippen LogP contribution in [0.1, 0.15) is 19.7 Å². The second-order valence-electron chi connectivity index (χ2n) is 5.53. The minimum absolute atomic E-state index is 0.0681. The summed E-state index contributed by atoms with van der Waals surface area (Å²) in [6, 6.07) is 3.59. The molecule has 0 atom stereocenters. The first-order chi connectivity index (χ1) is 9.00. The highest BCUT2D eigenvalue weighted by Crippen LogP contribution is 2.18. The van der Waals surface area contributed by atoms with Crippen molar-refractivity contribution in [1.82, 2.24) is 15.0 Å². The van der Waals surface area contributed by atoms with Crippen LogP contribution in [-0.2, 0) is 6.54 Å².